The molecule has 1 aromatic heterocycles. The first-order valence-electron chi connectivity index (χ1n) is 9.84. The molecule has 1 amide bonds. The molecule has 1 spiro atoms. The Morgan fingerprint density at radius 3 is 2.75 bits per heavy atom. The van der Waals surface area contributed by atoms with Gasteiger partial charge in [0.05, 0.1) is 0 Å². The molecule has 4 nitrogen and oxygen atoms in total. The number of aromatic nitrogens is 1. The van der Waals surface area contributed by atoms with Crippen molar-refractivity contribution in [2.75, 3.05) is 26.2 Å². The van der Waals surface area contributed by atoms with Gasteiger partial charge >= 0.3 is 0 Å². The lowest BCUT2D eigenvalue weighted by molar-refractivity contribution is 0.0668. The maximum atomic E-state index is 14.1. The van der Waals surface area contributed by atoms with Crippen LogP contribution in [0.15, 0.2) is 36.4 Å². The van der Waals surface area contributed by atoms with Crippen molar-refractivity contribution >= 4 is 5.91 Å². The molecule has 28 heavy (non-hydrogen) atoms. The molecule has 2 aliphatic heterocycles. The molecular weight excluding hydrogens is 360 g/mol. The lowest BCUT2D eigenvalue weighted by Crippen LogP contribution is -2.45. The number of hydrogen-bond acceptors (Lipinski definition) is 3. The van der Waals surface area contributed by atoms with E-state index in [1.54, 1.807) is 18.2 Å². The maximum absolute atomic E-state index is 14.1. The standard InChI is InChI=1S/C22H25F2N3O/c1-16-5-2-8-19(25-16)21(28)27-12-10-22(15-27)9-4-11-26(14-22)13-17-6-3-7-18(23)20(17)24/h2-3,5-8H,4,9-15H2,1H3/t22-/m1/s1. The smallest absolute Gasteiger partial charge is 0.272 e. The van der Waals surface area contributed by atoms with Crippen LogP contribution in [0.2, 0.25) is 0 Å². The van der Waals surface area contributed by atoms with E-state index < -0.39 is 11.6 Å². The number of aryl methyl sites for hydroxylation is 1. The first-order valence-corrected chi connectivity index (χ1v) is 9.84. The molecule has 2 aliphatic rings. The predicted molar refractivity (Wildman–Crippen MR) is 103 cm³/mol. The second-order valence-corrected chi connectivity index (χ2v) is 8.17. The number of halogens is 2. The minimum absolute atomic E-state index is 0.0196. The average Bonchev–Trinajstić information content (AvgIpc) is 3.08. The largest absolute Gasteiger partial charge is 0.337 e. The Hall–Kier alpha value is -2.34. The van der Waals surface area contributed by atoms with E-state index in [0.717, 1.165) is 50.7 Å². The molecule has 6 heteroatoms. The summed E-state index contributed by atoms with van der Waals surface area (Å²) in [6.45, 7) is 5.37. The van der Waals surface area contributed by atoms with Gasteiger partial charge in [-0.15, -0.1) is 0 Å². The summed E-state index contributed by atoms with van der Waals surface area (Å²) in [7, 11) is 0. The summed E-state index contributed by atoms with van der Waals surface area (Å²) < 4.78 is 27.6. The number of piperidine rings is 1. The van der Waals surface area contributed by atoms with Crippen LogP contribution in [0.1, 0.15) is 41.0 Å². The van der Waals surface area contributed by atoms with Crippen molar-refractivity contribution in [3.8, 4) is 0 Å². The van der Waals surface area contributed by atoms with Gasteiger partial charge in [-0.1, -0.05) is 18.2 Å². The molecule has 2 saturated heterocycles. The number of pyridine rings is 1. The van der Waals surface area contributed by atoms with Gasteiger partial charge < -0.3 is 4.90 Å². The molecule has 1 atom stereocenters. The van der Waals surface area contributed by atoms with Crippen LogP contribution in [-0.4, -0.2) is 46.9 Å². The van der Waals surface area contributed by atoms with E-state index in [2.05, 4.69) is 9.88 Å². The highest BCUT2D eigenvalue weighted by molar-refractivity contribution is 5.92. The molecule has 1 aromatic carbocycles. The van der Waals surface area contributed by atoms with E-state index >= 15 is 0 Å². The van der Waals surface area contributed by atoms with E-state index in [1.807, 2.05) is 24.0 Å². The zero-order valence-corrected chi connectivity index (χ0v) is 16.1. The van der Waals surface area contributed by atoms with Gasteiger partial charge in [-0.2, -0.15) is 0 Å². The molecule has 148 valence electrons. The van der Waals surface area contributed by atoms with Crippen LogP contribution in [0.5, 0.6) is 0 Å². The minimum Gasteiger partial charge on any atom is -0.337 e. The van der Waals surface area contributed by atoms with Crippen LogP contribution in [0.25, 0.3) is 0 Å². The maximum Gasteiger partial charge on any atom is 0.272 e. The minimum atomic E-state index is -0.799. The van der Waals surface area contributed by atoms with Crippen LogP contribution < -0.4 is 0 Å². The second kappa shape index (κ2) is 7.59. The third-order valence-corrected chi connectivity index (χ3v) is 6.00. The first kappa shape index (κ1) is 19.0. The van der Waals surface area contributed by atoms with Gasteiger partial charge in [-0.05, 0) is 50.9 Å². The van der Waals surface area contributed by atoms with Crippen molar-refractivity contribution in [2.24, 2.45) is 5.41 Å². The zero-order valence-electron chi connectivity index (χ0n) is 16.1. The van der Waals surface area contributed by atoms with E-state index in [0.29, 0.717) is 24.3 Å². The highest BCUT2D eigenvalue weighted by Gasteiger charge is 2.43. The van der Waals surface area contributed by atoms with Crippen LogP contribution in [0, 0.1) is 24.0 Å². The van der Waals surface area contributed by atoms with Crippen LogP contribution >= 0.6 is 0 Å². The molecule has 0 bridgehead atoms. The number of rotatable bonds is 3. The van der Waals surface area contributed by atoms with Crippen LogP contribution in [0.3, 0.4) is 0 Å². The average molecular weight is 385 g/mol. The van der Waals surface area contributed by atoms with E-state index in [4.69, 9.17) is 0 Å². The second-order valence-electron chi connectivity index (χ2n) is 8.17. The summed E-state index contributed by atoms with van der Waals surface area (Å²) in [5.74, 6) is -1.57. The SMILES string of the molecule is Cc1cccc(C(=O)N2CC[C@@]3(CCCN(Cc4cccc(F)c4F)C3)C2)n1. The molecule has 0 N–H and O–H groups in total. The topological polar surface area (TPSA) is 36.4 Å². The Labute approximate surface area is 164 Å². The number of nitrogens with zero attached hydrogens (tertiary/aromatic N) is 3. The number of carbonyl (C=O) groups is 1. The Balaban J connectivity index is 1.44. The highest BCUT2D eigenvalue weighted by Crippen LogP contribution is 2.39. The van der Waals surface area contributed by atoms with Crippen LogP contribution in [-0.2, 0) is 6.54 Å². The molecule has 0 unspecified atom stereocenters. The Morgan fingerprint density at radius 2 is 1.93 bits per heavy atom. The molecule has 0 radical (unpaired) electrons. The number of hydrogen-bond donors (Lipinski definition) is 0. The molecule has 2 aromatic rings. The van der Waals surface area contributed by atoms with Crippen molar-refractivity contribution < 1.29 is 13.6 Å². The first-order chi connectivity index (χ1) is 13.5. The van der Waals surface area contributed by atoms with E-state index in [9.17, 15) is 13.6 Å². The number of benzene rings is 1. The monoisotopic (exact) mass is 385 g/mol. The van der Waals surface area contributed by atoms with Crippen molar-refractivity contribution in [2.45, 2.75) is 32.7 Å². The fraction of sp³-hybridized carbons (Fsp3) is 0.455. The lowest BCUT2D eigenvalue weighted by atomic mass is 9.79. The fourth-order valence-electron chi connectivity index (χ4n) is 4.62. The van der Waals surface area contributed by atoms with Gasteiger partial charge in [0.25, 0.3) is 5.91 Å². The van der Waals surface area contributed by atoms with Crippen molar-refractivity contribution in [1.29, 1.82) is 0 Å². The third kappa shape index (κ3) is 3.78. The summed E-state index contributed by atoms with van der Waals surface area (Å²) >= 11 is 0. The molecule has 4 rings (SSSR count). The molecule has 0 saturated carbocycles. The fourth-order valence-corrected chi connectivity index (χ4v) is 4.62. The van der Waals surface area contributed by atoms with Crippen molar-refractivity contribution in [3.63, 3.8) is 0 Å². The van der Waals surface area contributed by atoms with Gasteiger partial charge in [-0.3, -0.25) is 9.69 Å². The van der Waals surface area contributed by atoms with Crippen molar-refractivity contribution in [1.82, 2.24) is 14.8 Å². The van der Waals surface area contributed by atoms with Crippen LogP contribution in [0.4, 0.5) is 8.78 Å². The predicted octanol–water partition coefficient (Wildman–Crippen LogP) is 3.80. The number of carbonyl (C=O) groups excluding carboxylic acids is 1. The lowest BCUT2D eigenvalue weighted by Gasteiger charge is -2.40. The van der Waals surface area contributed by atoms with Gasteiger partial charge in [0.15, 0.2) is 11.6 Å². The quantitative estimate of drug-likeness (QED) is 0.807. The molecule has 2 fully saturated rings. The number of likely N-dealkylation sites (tertiary alicyclic amines) is 2. The van der Waals surface area contributed by atoms with E-state index in [1.165, 1.54) is 0 Å². The zero-order chi connectivity index (χ0) is 19.7. The van der Waals surface area contributed by atoms with Gasteiger partial charge in [0.2, 0.25) is 0 Å². The molecule has 3 heterocycles. The Kier molecular flexibility index (Phi) is 5.15. The highest BCUT2D eigenvalue weighted by atomic mass is 19.2. The summed E-state index contributed by atoms with van der Waals surface area (Å²) in [4.78, 5) is 21.3. The molecule has 0 aliphatic carbocycles. The van der Waals surface area contributed by atoms with Gasteiger partial charge in [-0.25, -0.2) is 13.8 Å². The number of amides is 1. The summed E-state index contributed by atoms with van der Waals surface area (Å²) in [6, 6.07) is 9.85. The normalized spacial score (nSPS) is 22.8. The van der Waals surface area contributed by atoms with Gasteiger partial charge in [0, 0.05) is 42.9 Å². The Morgan fingerprint density at radius 1 is 1.11 bits per heavy atom. The summed E-state index contributed by atoms with van der Waals surface area (Å²) in [5, 5.41) is 0. The summed E-state index contributed by atoms with van der Waals surface area (Å²) in [5.41, 5.74) is 1.75. The van der Waals surface area contributed by atoms with Crippen molar-refractivity contribution in [3.05, 3.63) is 65.0 Å². The third-order valence-electron chi connectivity index (χ3n) is 6.00. The summed E-state index contributed by atoms with van der Waals surface area (Å²) in [6.07, 6.45) is 2.99. The van der Waals surface area contributed by atoms with Gasteiger partial charge in [0.1, 0.15) is 5.69 Å². The van der Waals surface area contributed by atoms with E-state index in [-0.39, 0.29) is 11.3 Å². The Bertz CT molecular complexity index is 888. The molecular formula is C22H25F2N3O.